The van der Waals surface area contributed by atoms with Crippen LogP contribution in [-0.2, 0) is 28.7 Å². The third-order valence-electron chi connectivity index (χ3n) is 5.03. The quantitative estimate of drug-likeness (QED) is 0.697. The number of anilines is 1. The maximum absolute atomic E-state index is 13.6. The van der Waals surface area contributed by atoms with E-state index in [1.165, 1.54) is 25.4 Å². The van der Waals surface area contributed by atoms with E-state index in [-0.39, 0.29) is 18.0 Å². The van der Waals surface area contributed by atoms with Gasteiger partial charge in [0, 0.05) is 49.7 Å². The molecule has 1 aliphatic rings. The highest BCUT2D eigenvalue weighted by atomic mass is 32.2. The smallest absolute Gasteiger partial charge is 0.374 e. The topological polar surface area (TPSA) is 87.5 Å². The summed E-state index contributed by atoms with van der Waals surface area (Å²) in [5.74, 6) is 0.165. The van der Waals surface area contributed by atoms with Gasteiger partial charge < -0.3 is 19.9 Å². The van der Waals surface area contributed by atoms with E-state index in [0.717, 1.165) is 40.9 Å². The minimum absolute atomic E-state index is 0.0161. The molecule has 11 heteroatoms. The Bertz CT molecular complexity index is 926. The number of benzene rings is 1. The third kappa shape index (κ3) is 5.40. The Morgan fingerprint density at radius 1 is 1.19 bits per heavy atom. The van der Waals surface area contributed by atoms with E-state index in [2.05, 4.69) is 10.3 Å². The van der Waals surface area contributed by atoms with Crippen molar-refractivity contribution < 1.29 is 27.9 Å². The number of alkyl halides is 3. The highest BCUT2D eigenvalue weighted by Gasteiger charge is 2.58. The lowest BCUT2D eigenvalue weighted by Crippen LogP contribution is -2.46. The SMILES string of the molecule is Cn1ccnc1C(O)(CC(=O)Nc1ccc(CC(=O)N2CCSCC2)cc1)C(F)(F)F. The van der Waals surface area contributed by atoms with Gasteiger partial charge in [-0.1, -0.05) is 12.1 Å². The fourth-order valence-electron chi connectivity index (χ4n) is 3.31. The molecular weight excluding hydrogens is 433 g/mol. The van der Waals surface area contributed by atoms with Crippen molar-refractivity contribution in [3.05, 3.63) is 48.0 Å². The number of amides is 2. The van der Waals surface area contributed by atoms with Gasteiger partial charge in [0.2, 0.25) is 17.4 Å². The van der Waals surface area contributed by atoms with Crippen LogP contribution in [0.3, 0.4) is 0 Å². The number of rotatable bonds is 6. The number of nitrogens with one attached hydrogen (secondary N) is 1. The van der Waals surface area contributed by atoms with Gasteiger partial charge in [-0.05, 0) is 17.7 Å². The summed E-state index contributed by atoms with van der Waals surface area (Å²) < 4.78 is 41.7. The van der Waals surface area contributed by atoms with Crippen LogP contribution in [-0.4, -0.2) is 62.1 Å². The number of carbonyl (C=O) groups excluding carboxylic acids is 2. The highest BCUT2D eigenvalue weighted by molar-refractivity contribution is 7.99. The first kappa shape index (κ1) is 23.1. The first-order chi connectivity index (χ1) is 14.6. The Morgan fingerprint density at radius 2 is 1.84 bits per heavy atom. The molecule has 0 bridgehead atoms. The van der Waals surface area contributed by atoms with E-state index in [1.54, 1.807) is 12.1 Å². The molecule has 0 spiro atoms. The minimum atomic E-state index is -5.10. The average molecular weight is 456 g/mol. The molecule has 31 heavy (non-hydrogen) atoms. The van der Waals surface area contributed by atoms with Gasteiger partial charge in [0.15, 0.2) is 5.82 Å². The van der Waals surface area contributed by atoms with Gasteiger partial charge in [0.05, 0.1) is 12.8 Å². The maximum Gasteiger partial charge on any atom is 0.425 e. The van der Waals surface area contributed by atoms with Crippen LogP contribution in [0, 0.1) is 0 Å². The van der Waals surface area contributed by atoms with Crippen LogP contribution in [0.5, 0.6) is 0 Å². The molecule has 7 nitrogen and oxygen atoms in total. The van der Waals surface area contributed by atoms with Crippen LogP contribution < -0.4 is 5.32 Å². The Balaban J connectivity index is 1.63. The number of carbonyl (C=O) groups is 2. The van der Waals surface area contributed by atoms with Crippen LogP contribution in [0.1, 0.15) is 17.8 Å². The van der Waals surface area contributed by atoms with Crippen molar-refractivity contribution in [2.45, 2.75) is 24.6 Å². The van der Waals surface area contributed by atoms with Gasteiger partial charge >= 0.3 is 6.18 Å². The van der Waals surface area contributed by atoms with Crippen molar-refractivity contribution in [1.29, 1.82) is 0 Å². The number of halogens is 3. The Labute approximate surface area is 181 Å². The molecule has 3 rings (SSSR count). The van der Waals surface area contributed by atoms with Crippen LogP contribution in [0.2, 0.25) is 0 Å². The van der Waals surface area contributed by atoms with Crippen molar-refractivity contribution in [1.82, 2.24) is 14.5 Å². The predicted octanol–water partition coefficient (Wildman–Crippen LogP) is 2.32. The lowest BCUT2D eigenvalue weighted by Gasteiger charge is -2.29. The number of imidazole rings is 1. The first-order valence-corrected chi connectivity index (χ1v) is 10.8. The number of thioether (sulfide) groups is 1. The first-order valence-electron chi connectivity index (χ1n) is 9.61. The van der Waals surface area contributed by atoms with Crippen LogP contribution >= 0.6 is 11.8 Å². The number of aliphatic hydroxyl groups is 1. The van der Waals surface area contributed by atoms with E-state index >= 15 is 0 Å². The van der Waals surface area contributed by atoms with Gasteiger partial charge in [-0.2, -0.15) is 24.9 Å². The molecule has 2 aromatic rings. The number of nitrogens with zero attached hydrogens (tertiary/aromatic N) is 3. The molecule has 1 fully saturated rings. The molecule has 1 unspecified atom stereocenters. The van der Waals surface area contributed by atoms with Crippen LogP contribution in [0.25, 0.3) is 0 Å². The van der Waals surface area contributed by atoms with Gasteiger partial charge in [0.1, 0.15) is 0 Å². The molecule has 1 aromatic carbocycles. The summed E-state index contributed by atoms with van der Waals surface area (Å²) in [6, 6.07) is 6.31. The summed E-state index contributed by atoms with van der Waals surface area (Å²) >= 11 is 1.81. The standard InChI is InChI=1S/C20H23F3N4O3S/c1-26-7-6-24-18(26)19(30,20(21,22)23)13-16(28)25-15-4-2-14(3-5-15)12-17(29)27-8-10-31-11-9-27/h2-7,30H,8-13H2,1H3,(H,25,28). The van der Waals surface area contributed by atoms with Crippen LogP contribution in [0.4, 0.5) is 18.9 Å². The molecule has 2 amide bonds. The molecule has 168 valence electrons. The lowest BCUT2D eigenvalue weighted by molar-refractivity contribution is -0.270. The normalized spacial score (nSPS) is 16.6. The summed E-state index contributed by atoms with van der Waals surface area (Å²) in [6.07, 6.45) is -3.75. The number of hydrogen-bond acceptors (Lipinski definition) is 5. The monoisotopic (exact) mass is 456 g/mol. The van der Waals surface area contributed by atoms with Crippen molar-refractivity contribution in [2.24, 2.45) is 7.05 Å². The van der Waals surface area contributed by atoms with Crippen molar-refractivity contribution in [2.75, 3.05) is 29.9 Å². The van der Waals surface area contributed by atoms with E-state index in [4.69, 9.17) is 0 Å². The Hall–Kier alpha value is -2.53. The summed E-state index contributed by atoms with van der Waals surface area (Å²) in [6.45, 7) is 1.44. The van der Waals surface area contributed by atoms with Gasteiger partial charge in [-0.15, -0.1) is 0 Å². The molecule has 1 atom stereocenters. The summed E-state index contributed by atoms with van der Waals surface area (Å²) in [7, 11) is 1.31. The summed E-state index contributed by atoms with van der Waals surface area (Å²) in [5, 5.41) is 12.7. The molecule has 0 aliphatic carbocycles. The fraction of sp³-hybridized carbons (Fsp3) is 0.450. The summed E-state index contributed by atoms with van der Waals surface area (Å²) in [5.41, 5.74) is -2.42. The maximum atomic E-state index is 13.6. The zero-order valence-corrected chi connectivity index (χ0v) is 17.7. The van der Waals surface area contributed by atoms with E-state index in [1.807, 2.05) is 16.7 Å². The van der Waals surface area contributed by atoms with E-state index < -0.39 is 29.9 Å². The molecule has 0 saturated carbocycles. The second kappa shape index (κ2) is 9.31. The van der Waals surface area contributed by atoms with Gasteiger partial charge in [-0.25, -0.2) is 4.98 Å². The molecule has 1 saturated heterocycles. The van der Waals surface area contributed by atoms with E-state index in [9.17, 15) is 27.9 Å². The van der Waals surface area contributed by atoms with Gasteiger partial charge in [-0.3, -0.25) is 9.59 Å². The second-order valence-corrected chi connectivity index (χ2v) is 8.54. The van der Waals surface area contributed by atoms with Crippen LogP contribution in [0.15, 0.2) is 36.7 Å². The molecule has 1 aromatic heterocycles. The van der Waals surface area contributed by atoms with E-state index in [0.29, 0.717) is 0 Å². The zero-order chi connectivity index (χ0) is 22.6. The highest BCUT2D eigenvalue weighted by Crippen LogP contribution is 2.40. The number of aryl methyl sites for hydroxylation is 1. The zero-order valence-electron chi connectivity index (χ0n) is 16.9. The molecular formula is C20H23F3N4O3S. The lowest BCUT2D eigenvalue weighted by atomic mass is 9.97. The second-order valence-electron chi connectivity index (χ2n) is 7.31. The average Bonchev–Trinajstić information content (AvgIpc) is 3.15. The molecule has 1 aliphatic heterocycles. The van der Waals surface area contributed by atoms with Crippen molar-refractivity contribution in [3.63, 3.8) is 0 Å². The number of aromatic nitrogens is 2. The summed E-state index contributed by atoms with van der Waals surface area (Å²) in [4.78, 5) is 30.0. The third-order valence-corrected chi connectivity index (χ3v) is 5.98. The fourth-order valence-corrected chi connectivity index (χ4v) is 4.22. The Morgan fingerprint density at radius 3 is 2.39 bits per heavy atom. The van der Waals surface area contributed by atoms with Crippen molar-refractivity contribution >= 4 is 29.3 Å². The number of hydrogen-bond donors (Lipinski definition) is 2. The van der Waals surface area contributed by atoms with Gasteiger partial charge in [0.25, 0.3) is 0 Å². The molecule has 0 radical (unpaired) electrons. The molecule has 2 N–H and O–H groups in total. The Kier molecular flexibility index (Phi) is 6.95. The predicted molar refractivity (Wildman–Crippen MR) is 110 cm³/mol. The van der Waals surface area contributed by atoms with Crippen molar-refractivity contribution in [3.8, 4) is 0 Å². The largest absolute Gasteiger partial charge is 0.425 e. The minimum Gasteiger partial charge on any atom is -0.374 e. The molecule has 2 heterocycles.